The lowest BCUT2D eigenvalue weighted by atomic mass is 9.92. The van der Waals surface area contributed by atoms with Gasteiger partial charge in [0.2, 0.25) is 0 Å². The minimum Gasteiger partial charge on any atom is -0.299 e. The zero-order valence-corrected chi connectivity index (χ0v) is 21.1. The molecule has 0 N–H and O–H groups in total. The number of hydrogen-bond acceptors (Lipinski definition) is 4. The molecule has 33 heavy (non-hydrogen) atoms. The third kappa shape index (κ3) is 5.40. The maximum absolute atomic E-state index is 4.84. The molecule has 0 fully saturated rings. The molecule has 1 aromatic heterocycles. The number of fused-ring (bicyclic) bond motifs is 4. The molecule has 1 aliphatic heterocycles. The van der Waals surface area contributed by atoms with E-state index in [2.05, 4.69) is 78.6 Å². The first-order valence-corrected chi connectivity index (χ1v) is 14.3. The number of aryl methyl sites for hydroxylation is 1. The SMILES string of the molecule is Cc1c2ccccc2c(CN2CCCSCc3cccc(n3)CSCCC2)c2ccccc12. The van der Waals surface area contributed by atoms with Crippen molar-refractivity contribution in [3.05, 3.63) is 89.2 Å². The molecular formula is C29H32N2S2. The Bertz CT molecular complexity index is 1150. The van der Waals surface area contributed by atoms with Crippen molar-refractivity contribution in [2.24, 2.45) is 0 Å². The van der Waals surface area contributed by atoms with Crippen LogP contribution in [0.15, 0.2) is 66.7 Å². The van der Waals surface area contributed by atoms with Gasteiger partial charge in [0.05, 0.1) is 11.4 Å². The van der Waals surface area contributed by atoms with Crippen molar-refractivity contribution < 1.29 is 0 Å². The fraction of sp³-hybridized carbons (Fsp3) is 0.345. The summed E-state index contributed by atoms with van der Waals surface area (Å²) in [6.45, 7) is 5.61. The van der Waals surface area contributed by atoms with E-state index in [9.17, 15) is 0 Å². The Hall–Kier alpha value is -2.01. The third-order valence-electron chi connectivity index (χ3n) is 6.58. The number of aromatic nitrogens is 1. The van der Waals surface area contributed by atoms with Gasteiger partial charge in [-0.2, -0.15) is 23.5 Å². The van der Waals surface area contributed by atoms with Crippen molar-refractivity contribution in [1.29, 1.82) is 0 Å². The van der Waals surface area contributed by atoms with Gasteiger partial charge < -0.3 is 0 Å². The smallest absolute Gasteiger partial charge is 0.0506 e. The van der Waals surface area contributed by atoms with E-state index in [0.29, 0.717) is 0 Å². The summed E-state index contributed by atoms with van der Waals surface area (Å²) in [4.78, 5) is 7.55. The number of hydrogen-bond donors (Lipinski definition) is 0. The molecule has 2 nitrogen and oxygen atoms in total. The van der Waals surface area contributed by atoms with Crippen LogP contribution >= 0.6 is 23.5 Å². The standard InChI is InChI=1S/C29H32N2S2/c1-22-25-11-2-4-13-27(25)29(28-14-5-3-12-26(22)28)19-31-15-7-17-32-20-23-9-6-10-24(30-23)21-33-18-8-16-31/h2-6,9-14H,7-8,15-21H2,1H3. The lowest BCUT2D eigenvalue weighted by Crippen LogP contribution is -2.27. The van der Waals surface area contributed by atoms with Crippen LogP contribution < -0.4 is 0 Å². The second-order valence-electron chi connectivity index (χ2n) is 8.90. The predicted octanol–water partition coefficient (Wildman–Crippen LogP) is 7.46. The average Bonchev–Trinajstić information content (AvgIpc) is 2.85. The molecule has 170 valence electrons. The van der Waals surface area contributed by atoms with Crippen LogP contribution in [0.1, 0.15) is 35.4 Å². The highest BCUT2D eigenvalue weighted by Crippen LogP contribution is 2.33. The van der Waals surface area contributed by atoms with Crippen molar-refractivity contribution in [3.8, 4) is 0 Å². The molecule has 0 spiro atoms. The summed E-state index contributed by atoms with van der Waals surface area (Å²) in [5, 5.41) is 5.63. The molecule has 0 saturated heterocycles. The largest absolute Gasteiger partial charge is 0.299 e. The van der Waals surface area contributed by atoms with Gasteiger partial charge in [0, 0.05) is 18.1 Å². The molecule has 4 aromatic rings. The summed E-state index contributed by atoms with van der Waals surface area (Å²) in [5.41, 5.74) is 5.34. The van der Waals surface area contributed by atoms with E-state index in [-0.39, 0.29) is 0 Å². The van der Waals surface area contributed by atoms with E-state index >= 15 is 0 Å². The van der Waals surface area contributed by atoms with E-state index in [1.807, 2.05) is 23.5 Å². The van der Waals surface area contributed by atoms with Gasteiger partial charge in [-0.3, -0.25) is 9.88 Å². The van der Waals surface area contributed by atoms with Gasteiger partial charge in [-0.25, -0.2) is 0 Å². The van der Waals surface area contributed by atoms with E-state index in [0.717, 1.165) is 31.1 Å². The van der Waals surface area contributed by atoms with Gasteiger partial charge in [0.1, 0.15) is 0 Å². The molecule has 0 amide bonds. The highest BCUT2D eigenvalue weighted by molar-refractivity contribution is 7.98. The predicted molar refractivity (Wildman–Crippen MR) is 147 cm³/mol. The number of benzene rings is 3. The van der Waals surface area contributed by atoms with Crippen molar-refractivity contribution in [1.82, 2.24) is 9.88 Å². The lowest BCUT2D eigenvalue weighted by Gasteiger charge is -2.25. The first kappa shape index (κ1) is 22.8. The van der Waals surface area contributed by atoms with Crippen LogP contribution in [0.3, 0.4) is 0 Å². The fourth-order valence-electron chi connectivity index (χ4n) is 4.92. The van der Waals surface area contributed by atoms with Gasteiger partial charge in [0.25, 0.3) is 0 Å². The Morgan fingerprint density at radius 2 is 1.21 bits per heavy atom. The molecule has 3 aromatic carbocycles. The molecule has 5 rings (SSSR count). The first-order chi connectivity index (χ1) is 16.3. The molecule has 0 aliphatic carbocycles. The Kier molecular flexibility index (Phi) is 7.55. The summed E-state index contributed by atoms with van der Waals surface area (Å²) >= 11 is 4.04. The van der Waals surface area contributed by atoms with E-state index in [1.165, 1.54) is 68.4 Å². The van der Waals surface area contributed by atoms with Crippen molar-refractivity contribution in [2.75, 3.05) is 24.6 Å². The van der Waals surface area contributed by atoms with E-state index < -0.39 is 0 Å². The summed E-state index contributed by atoms with van der Waals surface area (Å²) in [5.74, 6) is 4.41. The normalized spacial score (nSPS) is 16.6. The van der Waals surface area contributed by atoms with Crippen molar-refractivity contribution in [3.63, 3.8) is 0 Å². The first-order valence-electron chi connectivity index (χ1n) is 12.0. The topological polar surface area (TPSA) is 16.1 Å². The summed E-state index contributed by atoms with van der Waals surface area (Å²) < 4.78 is 0. The van der Waals surface area contributed by atoms with Gasteiger partial charge in [0.15, 0.2) is 0 Å². The monoisotopic (exact) mass is 472 g/mol. The Balaban J connectivity index is 1.39. The molecule has 0 saturated carbocycles. The van der Waals surface area contributed by atoms with Gasteiger partial charge in [-0.1, -0.05) is 54.6 Å². The van der Waals surface area contributed by atoms with Crippen LogP contribution in [0.5, 0.6) is 0 Å². The average molecular weight is 473 g/mol. The van der Waals surface area contributed by atoms with Gasteiger partial charge in [-0.15, -0.1) is 0 Å². The maximum atomic E-state index is 4.84. The van der Waals surface area contributed by atoms with Crippen LogP contribution in [0, 0.1) is 6.92 Å². The van der Waals surface area contributed by atoms with E-state index in [1.54, 1.807) is 0 Å². The minimum absolute atomic E-state index is 1.02. The van der Waals surface area contributed by atoms with Crippen LogP contribution in [0.2, 0.25) is 0 Å². The summed E-state index contributed by atoms with van der Waals surface area (Å²) in [6.07, 6.45) is 2.44. The second-order valence-corrected chi connectivity index (χ2v) is 11.1. The minimum atomic E-state index is 1.02. The highest BCUT2D eigenvalue weighted by atomic mass is 32.2. The van der Waals surface area contributed by atoms with Gasteiger partial charge in [-0.05, 0) is 89.2 Å². The second kappa shape index (κ2) is 10.9. The van der Waals surface area contributed by atoms with Crippen LogP contribution in [-0.2, 0) is 18.1 Å². The van der Waals surface area contributed by atoms with Crippen LogP contribution in [0.4, 0.5) is 0 Å². The van der Waals surface area contributed by atoms with Gasteiger partial charge >= 0.3 is 0 Å². The van der Waals surface area contributed by atoms with Crippen molar-refractivity contribution in [2.45, 2.75) is 37.8 Å². The molecule has 2 bridgehead atoms. The zero-order valence-electron chi connectivity index (χ0n) is 19.4. The van der Waals surface area contributed by atoms with Crippen LogP contribution in [0.25, 0.3) is 21.5 Å². The molecule has 0 radical (unpaired) electrons. The summed E-state index contributed by atoms with van der Waals surface area (Å²) in [6, 6.07) is 24.5. The quantitative estimate of drug-likeness (QED) is 0.281. The summed E-state index contributed by atoms with van der Waals surface area (Å²) in [7, 11) is 0. The number of thioether (sulfide) groups is 2. The lowest BCUT2D eigenvalue weighted by molar-refractivity contribution is 0.270. The number of rotatable bonds is 2. The third-order valence-corrected chi connectivity index (χ3v) is 8.74. The number of nitrogens with zero attached hydrogens (tertiary/aromatic N) is 2. The molecule has 4 heteroatoms. The Morgan fingerprint density at radius 3 is 1.76 bits per heavy atom. The molecule has 1 aliphatic rings. The Morgan fingerprint density at radius 1 is 0.697 bits per heavy atom. The van der Waals surface area contributed by atoms with E-state index in [4.69, 9.17) is 4.98 Å². The maximum Gasteiger partial charge on any atom is 0.0506 e. The van der Waals surface area contributed by atoms with Crippen LogP contribution in [-0.4, -0.2) is 34.5 Å². The van der Waals surface area contributed by atoms with Crippen molar-refractivity contribution >= 4 is 45.1 Å². The number of pyridine rings is 1. The molecule has 0 atom stereocenters. The molecular weight excluding hydrogens is 440 g/mol. The highest BCUT2D eigenvalue weighted by Gasteiger charge is 2.15. The zero-order chi connectivity index (χ0) is 22.5. The fourth-order valence-corrected chi connectivity index (χ4v) is 6.62. The molecule has 0 unspecified atom stereocenters. The molecule has 2 heterocycles. The Labute approximate surface area is 206 Å².